The van der Waals surface area contributed by atoms with Crippen LogP contribution in [0.3, 0.4) is 0 Å². The van der Waals surface area contributed by atoms with Gasteiger partial charge in [-0.15, -0.1) is 0 Å². The summed E-state index contributed by atoms with van der Waals surface area (Å²) in [5.41, 5.74) is -0.0570. The van der Waals surface area contributed by atoms with E-state index in [9.17, 15) is 9.90 Å². The zero-order valence-corrected chi connectivity index (χ0v) is 11.3. The Morgan fingerprint density at radius 2 is 2.21 bits per heavy atom. The van der Waals surface area contributed by atoms with Crippen LogP contribution in [0.1, 0.15) is 20.3 Å². The number of hydrogen-bond acceptors (Lipinski definition) is 3. The smallest absolute Gasteiger partial charge is 0.325 e. The quantitative estimate of drug-likeness (QED) is 0.833. The average Bonchev–Trinajstić information content (AvgIpc) is 2.80. The third-order valence-corrected chi connectivity index (χ3v) is 3.25. The lowest BCUT2D eigenvalue weighted by atomic mass is 10.0. The van der Waals surface area contributed by atoms with Crippen molar-refractivity contribution >= 4 is 16.9 Å². The van der Waals surface area contributed by atoms with Crippen LogP contribution in [0.15, 0.2) is 30.5 Å². The zero-order chi connectivity index (χ0) is 13.9. The number of aliphatic carboxylic acids is 1. The summed E-state index contributed by atoms with van der Waals surface area (Å²) >= 11 is 0. The van der Waals surface area contributed by atoms with Crippen LogP contribution < -0.4 is 5.32 Å². The number of carboxylic acids is 1. The highest BCUT2D eigenvalue weighted by atomic mass is 16.4. The predicted octanol–water partition coefficient (Wildman–Crippen LogP) is 1.88. The molecule has 0 aliphatic carbocycles. The van der Waals surface area contributed by atoms with Crippen molar-refractivity contribution < 1.29 is 9.90 Å². The van der Waals surface area contributed by atoms with Gasteiger partial charge in [0.15, 0.2) is 0 Å². The normalized spacial score (nSPS) is 14.4. The van der Waals surface area contributed by atoms with Crippen LogP contribution in [0.2, 0.25) is 0 Å². The van der Waals surface area contributed by atoms with Gasteiger partial charge in [0.25, 0.3) is 0 Å². The molecule has 2 aromatic rings. The van der Waals surface area contributed by atoms with E-state index in [1.54, 1.807) is 17.8 Å². The second kappa shape index (κ2) is 5.40. The first-order valence-electron chi connectivity index (χ1n) is 6.46. The number of benzene rings is 1. The molecule has 0 radical (unpaired) electrons. The maximum Gasteiger partial charge on any atom is 0.325 e. The molecule has 5 nitrogen and oxygen atoms in total. The number of rotatable bonds is 6. The highest BCUT2D eigenvalue weighted by Gasteiger charge is 2.33. The lowest BCUT2D eigenvalue weighted by Crippen LogP contribution is -2.53. The highest BCUT2D eigenvalue weighted by Crippen LogP contribution is 2.16. The Bertz CT molecular complexity index is 579. The summed E-state index contributed by atoms with van der Waals surface area (Å²) in [6.07, 6.45) is 2.65. The zero-order valence-electron chi connectivity index (χ0n) is 11.3. The summed E-state index contributed by atoms with van der Waals surface area (Å²) in [5, 5.41) is 17.8. The molecule has 0 aliphatic rings. The lowest BCUT2D eigenvalue weighted by molar-refractivity contribution is -0.144. The van der Waals surface area contributed by atoms with Gasteiger partial charge in [0.1, 0.15) is 5.54 Å². The Morgan fingerprint density at radius 3 is 2.89 bits per heavy atom. The molecule has 0 spiro atoms. The van der Waals surface area contributed by atoms with Crippen LogP contribution in [0.4, 0.5) is 0 Å². The maximum atomic E-state index is 11.5. The van der Waals surface area contributed by atoms with Crippen LogP contribution in [-0.2, 0) is 11.3 Å². The van der Waals surface area contributed by atoms with Crippen LogP contribution in [-0.4, -0.2) is 32.9 Å². The number of carboxylic acid groups (broad SMARTS) is 1. The standard InChI is InChI=1S/C14H19N3O2/c1-3-8-15-14(2,13(18)19)10-17-12-7-5-4-6-11(12)9-16-17/h4-7,9,15H,3,8,10H2,1-2H3,(H,18,19). The lowest BCUT2D eigenvalue weighted by Gasteiger charge is -2.26. The Labute approximate surface area is 112 Å². The minimum atomic E-state index is -1.01. The van der Waals surface area contributed by atoms with Crippen LogP contribution in [0.5, 0.6) is 0 Å². The number of aromatic nitrogens is 2. The van der Waals surface area contributed by atoms with E-state index in [-0.39, 0.29) is 0 Å². The molecular weight excluding hydrogens is 242 g/mol. The minimum absolute atomic E-state index is 0.301. The molecular formula is C14H19N3O2. The van der Waals surface area contributed by atoms with E-state index in [2.05, 4.69) is 10.4 Å². The molecule has 0 saturated carbocycles. The van der Waals surface area contributed by atoms with Crippen molar-refractivity contribution in [1.29, 1.82) is 0 Å². The van der Waals surface area contributed by atoms with E-state index in [4.69, 9.17) is 0 Å². The second-order valence-corrected chi connectivity index (χ2v) is 4.93. The molecule has 0 saturated heterocycles. The fraction of sp³-hybridized carbons (Fsp3) is 0.429. The first kappa shape index (κ1) is 13.5. The van der Waals surface area contributed by atoms with E-state index in [0.29, 0.717) is 13.1 Å². The average molecular weight is 261 g/mol. The van der Waals surface area contributed by atoms with E-state index < -0.39 is 11.5 Å². The highest BCUT2D eigenvalue weighted by molar-refractivity contribution is 5.80. The number of nitrogens with zero attached hydrogens (tertiary/aromatic N) is 2. The monoisotopic (exact) mass is 261 g/mol. The van der Waals surface area contributed by atoms with Crippen molar-refractivity contribution in [2.75, 3.05) is 6.54 Å². The van der Waals surface area contributed by atoms with Crippen molar-refractivity contribution in [3.63, 3.8) is 0 Å². The second-order valence-electron chi connectivity index (χ2n) is 4.93. The fourth-order valence-corrected chi connectivity index (χ4v) is 2.05. The third-order valence-electron chi connectivity index (χ3n) is 3.25. The first-order valence-corrected chi connectivity index (χ1v) is 6.46. The van der Waals surface area contributed by atoms with E-state index in [1.807, 2.05) is 31.2 Å². The Balaban J connectivity index is 2.28. The van der Waals surface area contributed by atoms with Crippen LogP contribution in [0, 0.1) is 0 Å². The van der Waals surface area contributed by atoms with Crippen LogP contribution >= 0.6 is 0 Å². The fourth-order valence-electron chi connectivity index (χ4n) is 2.05. The van der Waals surface area contributed by atoms with Crippen molar-refractivity contribution in [1.82, 2.24) is 15.1 Å². The van der Waals surface area contributed by atoms with Gasteiger partial charge in [0.2, 0.25) is 0 Å². The number of hydrogen-bond donors (Lipinski definition) is 2. The van der Waals surface area contributed by atoms with Crippen molar-refractivity contribution in [3.05, 3.63) is 30.5 Å². The van der Waals surface area contributed by atoms with Gasteiger partial charge in [-0.3, -0.25) is 9.48 Å². The SMILES string of the molecule is CCCNC(C)(Cn1ncc2ccccc21)C(=O)O. The van der Waals surface area contributed by atoms with Gasteiger partial charge in [-0.25, -0.2) is 0 Å². The number of para-hydroxylation sites is 1. The summed E-state index contributed by atoms with van der Waals surface area (Å²) in [4.78, 5) is 11.5. The maximum absolute atomic E-state index is 11.5. The van der Waals surface area contributed by atoms with Crippen molar-refractivity contribution in [3.8, 4) is 0 Å². The number of carbonyl (C=O) groups is 1. The topological polar surface area (TPSA) is 67.2 Å². The molecule has 0 amide bonds. The molecule has 0 fully saturated rings. The molecule has 1 unspecified atom stereocenters. The van der Waals surface area contributed by atoms with Crippen molar-refractivity contribution in [2.45, 2.75) is 32.4 Å². The summed E-state index contributed by atoms with van der Waals surface area (Å²) in [6, 6.07) is 7.79. The molecule has 0 aliphatic heterocycles. The Morgan fingerprint density at radius 1 is 1.47 bits per heavy atom. The molecule has 0 bridgehead atoms. The molecule has 1 heterocycles. The van der Waals surface area contributed by atoms with Gasteiger partial charge in [-0.05, 0) is 26.0 Å². The molecule has 1 aromatic heterocycles. The molecule has 1 aromatic carbocycles. The van der Waals surface area contributed by atoms with Crippen molar-refractivity contribution in [2.24, 2.45) is 0 Å². The van der Waals surface area contributed by atoms with E-state index in [0.717, 1.165) is 17.3 Å². The van der Waals surface area contributed by atoms with E-state index in [1.165, 1.54) is 0 Å². The number of nitrogens with one attached hydrogen (secondary N) is 1. The summed E-state index contributed by atoms with van der Waals surface area (Å²) < 4.78 is 1.74. The van der Waals surface area contributed by atoms with Gasteiger partial charge in [0, 0.05) is 5.39 Å². The molecule has 2 rings (SSSR count). The summed E-state index contributed by atoms with van der Waals surface area (Å²) in [5.74, 6) is -0.861. The molecule has 2 N–H and O–H groups in total. The molecule has 1 atom stereocenters. The van der Waals surface area contributed by atoms with Gasteiger partial charge >= 0.3 is 5.97 Å². The van der Waals surface area contributed by atoms with Gasteiger partial charge in [-0.1, -0.05) is 25.1 Å². The Kier molecular flexibility index (Phi) is 3.85. The summed E-state index contributed by atoms with van der Waals surface area (Å²) in [7, 11) is 0. The molecule has 102 valence electrons. The van der Waals surface area contributed by atoms with Gasteiger partial charge in [-0.2, -0.15) is 5.10 Å². The molecule has 19 heavy (non-hydrogen) atoms. The van der Waals surface area contributed by atoms with Crippen LogP contribution in [0.25, 0.3) is 10.9 Å². The summed E-state index contributed by atoms with van der Waals surface area (Å²) in [6.45, 7) is 4.68. The minimum Gasteiger partial charge on any atom is -0.480 e. The third kappa shape index (κ3) is 2.76. The van der Waals surface area contributed by atoms with E-state index >= 15 is 0 Å². The predicted molar refractivity (Wildman–Crippen MR) is 74.1 cm³/mol. The number of fused-ring (bicyclic) bond motifs is 1. The van der Waals surface area contributed by atoms with Gasteiger partial charge < -0.3 is 10.4 Å². The Hall–Kier alpha value is -1.88. The van der Waals surface area contributed by atoms with Gasteiger partial charge in [0.05, 0.1) is 18.3 Å². The molecule has 5 heteroatoms. The first-order chi connectivity index (χ1) is 9.07. The largest absolute Gasteiger partial charge is 0.480 e.